The summed E-state index contributed by atoms with van der Waals surface area (Å²) in [5.74, 6) is -2.48. The highest BCUT2D eigenvalue weighted by Gasteiger charge is 2.06. The summed E-state index contributed by atoms with van der Waals surface area (Å²) in [6.07, 6.45) is 4.34. The second-order valence-corrected chi connectivity index (χ2v) is 5.47. The average molecular weight is 339 g/mol. The summed E-state index contributed by atoms with van der Waals surface area (Å²) in [7, 11) is 0. The summed E-state index contributed by atoms with van der Waals surface area (Å²) < 4.78 is 24.3. The van der Waals surface area contributed by atoms with E-state index in [1.807, 2.05) is 0 Å². The van der Waals surface area contributed by atoms with Crippen molar-refractivity contribution in [3.63, 3.8) is 0 Å². The van der Waals surface area contributed by atoms with E-state index in [0.717, 1.165) is 25.7 Å². The fraction of sp³-hybridized carbons (Fsp3) is 0.500. The highest BCUT2D eigenvalue weighted by Crippen LogP contribution is 2.26. The SMILES string of the molecule is Cl.NCCCCCCC(=O)Nc1ccc(SC(F)F)cc1. The lowest BCUT2D eigenvalue weighted by molar-refractivity contribution is -0.116. The van der Waals surface area contributed by atoms with Crippen LogP contribution < -0.4 is 11.1 Å². The molecule has 0 heterocycles. The number of carbonyl (C=O) groups is 1. The zero-order valence-corrected chi connectivity index (χ0v) is 13.3. The van der Waals surface area contributed by atoms with Crippen LogP contribution in [0.3, 0.4) is 0 Å². The molecule has 1 aromatic carbocycles. The largest absolute Gasteiger partial charge is 0.330 e. The summed E-state index contributed by atoms with van der Waals surface area (Å²) in [6, 6.07) is 6.43. The molecule has 1 aromatic rings. The number of halogens is 3. The van der Waals surface area contributed by atoms with Crippen molar-refractivity contribution in [1.82, 2.24) is 0 Å². The van der Waals surface area contributed by atoms with E-state index < -0.39 is 5.76 Å². The smallest absolute Gasteiger partial charge is 0.288 e. The van der Waals surface area contributed by atoms with Gasteiger partial charge < -0.3 is 11.1 Å². The van der Waals surface area contributed by atoms with Gasteiger partial charge in [0.05, 0.1) is 0 Å². The van der Waals surface area contributed by atoms with Crippen LogP contribution in [0.25, 0.3) is 0 Å². The maximum Gasteiger partial charge on any atom is 0.288 e. The van der Waals surface area contributed by atoms with Crippen LogP contribution in [0.1, 0.15) is 32.1 Å². The zero-order chi connectivity index (χ0) is 14.8. The van der Waals surface area contributed by atoms with Gasteiger partial charge in [-0.2, -0.15) is 8.78 Å². The summed E-state index contributed by atoms with van der Waals surface area (Å²) in [6.45, 7) is 0.690. The van der Waals surface area contributed by atoms with Crippen molar-refractivity contribution in [2.24, 2.45) is 5.73 Å². The van der Waals surface area contributed by atoms with Crippen molar-refractivity contribution >= 4 is 35.8 Å². The minimum atomic E-state index is -2.43. The number of nitrogens with two attached hydrogens (primary N) is 1. The van der Waals surface area contributed by atoms with Gasteiger partial charge in [0.2, 0.25) is 5.91 Å². The third kappa shape index (κ3) is 9.66. The second-order valence-electron chi connectivity index (χ2n) is 4.40. The van der Waals surface area contributed by atoms with E-state index in [2.05, 4.69) is 5.32 Å². The third-order valence-electron chi connectivity index (χ3n) is 2.72. The number of nitrogens with one attached hydrogen (secondary N) is 1. The Kier molecular flexibility index (Phi) is 11.3. The third-order valence-corrected chi connectivity index (χ3v) is 3.44. The van der Waals surface area contributed by atoms with Gasteiger partial charge in [0.1, 0.15) is 0 Å². The average Bonchev–Trinajstić information content (AvgIpc) is 2.40. The molecule has 0 aliphatic rings. The normalized spacial score (nSPS) is 10.3. The standard InChI is InChI=1S/C14H20F2N2OS.ClH/c15-14(16)20-12-8-6-11(7-9-12)18-13(19)5-3-1-2-4-10-17;/h6-9,14H,1-5,10,17H2,(H,18,19);1H. The number of rotatable bonds is 9. The van der Waals surface area contributed by atoms with Crippen LogP contribution >= 0.6 is 24.2 Å². The molecular weight excluding hydrogens is 318 g/mol. The Hall–Kier alpha value is -0.850. The summed E-state index contributed by atoms with van der Waals surface area (Å²) in [4.78, 5) is 12.1. The van der Waals surface area contributed by atoms with Crippen molar-refractivity contribution in [1.29, 1.82) is 0 Å². The molecule has 7 heteroatoms. The van der Waals surface area contributed by atoms with Crippen LogP contribution in [-0.4, -0.2) is 18.2 Å². The Morgan fingerprint density at radius 1 is 1.14 bits per heavy atom. The molecule has 3 N–H and O–H groups in total. The molecule has 0 aliphatic carbocycles. The lowest BCUT2D eigenvalue weighted by Crippen LogP contribution is -2.11. The number of hydrogen-bond acceptors (Lipinski definition) is 3. The monoisotopic (exact) mass is 338 g/mol. The summed E-state index contributed by atoms with van der Waals surface area (Å²) >= 11 is 0.491. The first-order chi connectivity index (χ1) is 9.61. The molecule has 0 aliphatic heterocycles. The van der Waals surface area contributed by atoms with E-state index >= 15 is 0 Å². The molecule has 0 spiro atoms. The number of alkyl halides is 2. The predicted molar refractivity (Wildman–Crippen MR) is 86.3 cm³/mol. The molecule has 0 fully saturated rings. The first-order valence-electron chi connectivity index (χ1n) is 6.66. The van der Waals surface area contributed by atoms with Crippen LogP contribution in [0.4, 0.5) is 14.5 Å². The van der Waals surface area contributed by atoms with Crippen molar-refractivity contribution < 1.29 is 13.6 Å². The van der Waals surface area contributed by atoms with Crippen LogP contribution in [-0.2, 0) is 4.79 Å². The van der Waals surface area contributed by atoms with Crippen molar-refractivity contribution in [3.8, 4) is 0 Å². The van der Waals surface area contributed by atoms with Crippen LogP contribution in [0.5, 0.6) is 0 Å². The molecule has 0 bridgehead atoms. The first kappa shape index (κ1) is 20.1. The van der Waals surface area contributed by atoms with Gasteiger partial charge in [-0.15, -0.1) is 12.4 Å². The fourth-order valence-electron chi connectivity index (χ4n) is 1.73. The lowest BCUT2D eigenvalue weighted by atomic mass is 10.1. The van der Waals surface area contributed by atoms with E-state index in [1.165, 1.54) is 0 Å². The van der Waals surface area contributed by atoms with Gasteiger partial charge in [-0.1, -0.05) is 24.6 Å². The maximum absolute atomic E-state index is 12.1. The molecule has 120 valence electrons. The van der Waals surface area contributed by atoms with Crippen molar-refractivity contribution in [2.45, 2.75) is 42.8 Å². The topological polar surface area (TPSA) is 55.1 Å². The minimum absolute atomic E-state index is 0. The van der Waals surface area contributed by atoms with Gasteiger partial charge in [-0.3, -0.25) is 4.79 Å². The fourth-order valence-corrected chi connectivity index (χ4v) is 2.23. The highest BCUT2D eigenvalue weighted by molar-refractivity contribution is 7.99. The quantitative estimate of drug-likeness (QED) is 0.522. The summed E-state index contributed by atoms with van der Waals surface area (Å²) in [5, 5.41) is 2.75. The number of unbranched alkanes of at least 4 members (excludes halogenated alkanes) is 3. The molecule has 0 saturated heterocycles. The number of thioether (sulfide) groups is 1. The zero-order valence-electron chi connectivity index (χ0n) is 11.7. The first-order valence-corrected chi connectivity index (χ1v) is 7.54. The number of benzene rings is 1. The molecule has 0 unspecified atom stereocenters. The van der Waals surface area contributed by atoms with E-state index in [1.54, 1.807) is 24.3 Å². The van der Waals surface area contributed by atoms with E-state index in [-0.39, 0.29) is 18.3 Å². The van der Waals surface area contributed by atoms with Crippen LogP contribution in [0, 0.1) is 0 Å². The van der Waals surface area contributed by atoms with Crippen molar-refractivity contribution in [2.75, 3.05) is 11.9 Å². The molecule has 3 nitrogen and oxygen atoms in total. The second kappa shape index (κ2) is 11.8. The Morgan fingerprint density at radius 3 is 2.33 bits per heavy atom. The molecule has 0 radical (unpaired) electrons. The Balaban J connectivity index is 0.00000400. The van der Waals surface area contributed by atoms with Gasteiger partial charge in [0.15, 0.2) is 0 Å². The molecule has 0 aromatic heterocycles. The van der Waals surface area contributed by atoms with E-state index in [9.17, 15) is 13.6 Å². The number of anilines is 1. The van der Waals surface area contributed by atoms with Gasteiger partial charge in [0.25, 0.3) is 5.76 Å². The van der Waals surface area contributed by atoms with E-state index in [0.29, 0.717) is 35.3 Å². The molecule has 21 heavy (non-hydrogen) atoms. The predicted octanol–water partition coefficient (Wildman–Crippen LogP) is 4.27. The Labute approximate surface area is 134 Å². The number of hydrogen-bond donors (Lipinski definition) is 2. The maximum atomic E-state index is 12.1. The van der Waals surface area contributed by atoms with Crippen LogP contribution in [0.15, 0.2) is 29.2 Å². The molecule has 0 atom stereocenters. The molecule has 0 saturated carbocycles. The van der Waals surface area contributed by atoms with Gasteiger partial charge in [0, 0.05) is 17.0 Å². The van der Waals surface area contributed by atoms with E-state index in [4.69, 9.17) is 5.73 Å². The Bertz CT molecular complexity index is 404. The van der Waals surface area contributed by atoms with Crippen LogP contribution in [0.2, 0.25) is 0 Å². The van der Waals surface area contributed by atoms with Gasteiger partial charge in [-0.25, -0.2) is 0 Å². The number of carbonyl (C=O) groups excluding carboxylic acids is 1. The molecular formula is C14H21ClF2N2OS. The Morgan fingerprint density at radius 2 is 1.76 bits per heavy atom. The summed E-state index contributed by atoms with van der Waals surface area (Å²) in [5.41, 5.74) is 6.02. The lowest BCUT2D eigenvalue weighted by Gasteiger charge is -2.06. The number of amides is 1. The molecule has 1 rings (SSSR count). The highest BCUT2D eigenvalue weighted by atomic mass is 35.5. The minimum Gasteiger partial charge on any atom is -0.330 e. The molecule has 1 amide bonds. The van der Waals surface area contributed by atoms with Crippen molar-refractivity contribution in [3.05, 3.63) is 24.3 Å². The van der Waals surface area contributed by atoms with Gasteiger partial charge >= 0.3 is 0 Å². The van der Waals surface area contributed by atoms with Gasteiger partial charge in [-0.05, 0) is 43.7 Å².